The maximum absolute atomic E-state index is 13.0. The van der Waals surface area contributed by atoms with Gasteiger partial charge in [-0.3, -0.25) is 4.79 Å². The van der Waals surface area contributed by atoms with Crippen LogP contribution in [-0.2, 0) is 4.74 Å². The van der Waals surface area contributed by atoms with E-state index in [1.54, 1.807) is 30.3 Å². The number of carbonyl (C=O) groups is 1. The normalized spacial score (nSPS) is 20.0. The van der Waals surface area contributed by atoms with E-state index in [0.717, 1.165) is 5.69 Å². The molecule has 144 valence electrons. The van der Waals surface area contributed by atoms with Crippen LogP contribution in [0.3, 0.4) is 0 Å². The molecule has 0 bridgehead atoms. The number of thioether (sulfide) groups is 1. The molecule has 2 aromatic carbocycles. The minimum absolute atomic E-state index is 0.00213. The Labute approximate surface area is 161 Å². The Balaban J connectivity index is 1.76. The van der Waals surface area contributed by atoms with Crippen molar-refractivity contribution in [2.24, 2.45) is 0 Å². The van der Waals surface area contributed by atoms with Crippen molar-refractivity contribution in [1.29, 1.82) is 0 Å². The molecule has 1 fully saturated rings. The van der Waals surface area contributed by atoms with E-state index in [9.17, 15) is 13.6 Å². The van der Waals surface area contributed by atoms with Crippen LogP contribution < -0.4 is 5.32 Å². The Morgan fingerprint density at radius 2 is 1.74 bits per heavy atom. The highest BCUT2D eigenvalue weighted by molar-refractivity contribution is 7.99. The molecule has 0 radical (unpaired) electrons. The van der Waals surface area contributed by atoms with E-state index < -0.39 is 5.76 Å². The molecule has 1 N–H and O–H groups in total. The van der Waals surface area contributed by atoms with Crippen molar-refractivity contribution in [3.05, 3.63) is 54.1 Å². The Kier molecular flexibility index (Phi) is 6.34. The molecule has 1 aliphatic heterocycles. The van der Waals surface area contributed by atoms with Crippen LogP contribution in [-0.4, -0.2) is 41.9 Å². The highest BCUT2D eigenvalue weighted by atomic mass is 32.2. The number of morpholine rings is 1. The zero-order valence-electron chi connectivity index (χ0n) is 15.2. The smallest absolute Gasteiger partial charge is 0.288 e. The highest BCUT2D eigenvalue weighted by Crippen LogP contribution is 2.28. The Morgan fingerprint density at radius 3 is 2.37 bits per heavy atom. The Morgan fingerprint density at radius 1 is 1.11 bits per heavy atom. The number of anilines is 2. The second-order valence-corrected chi connectivity index (χ2v) is 7.60. The summed E-state index contributed by atoms with van der Waals surface area (Å²) in [6, 6.07) is 14.0. The number of alkyl halides is 2. The lowest BCUT2D eigenvalue weighted by molar-refractivity contribution is -0.0585. The van der Waals surface area contributed by atoms with E-state index >= 15 is 0 Å². The van der Waals surface area contributed by atoms with Crippen LogP contribution in [0.2, 0.25) is 0 Å². The van der Waals surface area contributed by atoms with Crippen LogP contribution in [0.1, 0.15) is 24.2 Å². The topological polar surface area (TPSA) is 41.6 Å². The van der Waals surface area contributed by atoms with Crippen LogP contribution in [0.25, 0.3) is 0 Å². The van der Waals surface area contributed by atoms with Gasteiger partial charge in [-0.2, -0.15) is 8.78 Å². The molecule has 0 aliphatic carbocycles. The van der Waals surface area contributed by atoms with Gasteiger partial charge in [-0.1, -0.05) is 23.9 Å². The molecule has 1 saturated heterocycles. The minimum atomic E-state index is -2.44. The van der Waals surface area contributed by atoms with E-state index in [0.29, 0.717) is 41.0 Å². The molecule has 3 rings (SSSR count). The summed E-state index contributed by atoms with van der Waals surface area (Å²) in [6.45, 7) is 5.02. The highest BCUT2D eigenvalue weighted by Gasteiger charge is 2.27. The van der Waals surface area contributed by atoms with E-state index in [4.69, 9.17) is 4.74 Å². The summed E-state index contributed by atoms with van der Waals surface area (Å²) in [6.07, 6.45) is -0.00426. The molecule has 27 heavy (non-hydrogen) atoms. The van der Waals surface area contributed by atoms with Gasteiger partial charge < -0.3 is 15.0 Å². The van der Waals surface area contributed by atoms with Crippen molar-refractivity contribution >= 4 is 29.0 Å². The number of halogens is 2. The molecule has 2 atom stereocenters. The van der Waals surface area contributed by atoms with Crippen LogP contribution in [0.5, 0.6) is 0 Å². The molecule has 0 saturated carbocycles. The summed E-state index contributed by atoms with van der Waals surface area (Å²) >= 11 is 0.507. The first-order valence-electron chi connectivity index (χ1n) is 8.78. The first-order valence-corrected chi connectivity index (χ1v) is 9.66. The second kappa shape index (κ2) is 8.71. The molecule has 4 nitrogen and oxygen atoms in total. The number of nitrogens with one attached hydrogen (secondary N) is 1. The number of ether oxygens (including phenoxy) is 1. The monoisotopic (exact) mass is 392 g/mol. The van der Waals surface area contributed by atoms with Gasteiger partial charge in [-0.05, 0) is 50.2 Å². The number of carbonyl (C=O) groups excluding carboxylic acids is 1. The molecule has 7 heteroatoms. The fourth-order valence-electron chi connectivity index (χ4n) is 3.17. The second-order valence-electron chi connectivity index (χ2n) is 6.54. The summed E-state index contributed by atoms with van der Waals surface area (Å²) in [5, 5.41) is 3.22. The fourth-order valence-corrected chi connectivity index (χ4v) is 3.67. The third-order valence-corrected chi connectivity index (χ3v) is 4.95. The maximum atomic E-state index is 13.0. The van der Waals surface area contributed by atoms with E-state index in [-0.39, 0.29) is 18.1 Å². The number of hydrogen-bond donors (Lipinski definition) is 1. The van der Waals surface area contributed by atoms with Crippen LogP contribution in [0.15, 0.2) is 53.4 Å². The van der Waals surface area contributed by atoms with Crippen molar-refractivity contribution in [3.63, 3.8) is 0 Å². The average Bonchev–Trinajstić information content (AvgIpc) is 2.62. The molecular formula is C20H22F2N2O2S. The van der Waals surface area contributed by atoms with E-state index in [1.807, 2.05) is 36.9 Å². The van der Waals surface area contributed by atoms with Crippen molar-refractivity contribution in [3.8, 4) is 0 Å². The van der Waals surface area contributed by atoms with E-state index in [2.05, 4.69) is 5.32 Å². The van der Waals surface area contributed by atoms with Gasteiger partial charge in [0.15, 0.2) is 0 Å². The van der Waals surface area contributed by atoms with Crippen LogP contribution in [0.4, 0.5) is 20.2 Å². The number of amides is 1. The first kappa shape index (κ1) is 19.6. The van der Waals surface area contributed by atoms with Crippen molar-refractivity contribution in [2.75, 3.05) is 18.4 Å². The van der Waals surface area contributed by atoms with Gasteiger partial charge in [0.05, 0.1) is 23.5 Å². The summed E-state index contributed by atoms with van der Waals surface area (Å²) in [5.74, 6) is -2.49. The van der Waals surface area contributed by atoms with Crippen molar-refractivity contribution < 1.29 is 18.3 Å². The molecule has 1 heterocycles. The molecule has 0 spiro atoms. The van der Waals surface area contributed by atoms with Gasteiger partial charge in [0.25, 0.3) is 11.7 Å². The average molecular weight is 392 g/mol. The summed E-state index contributed by atoms with van der Waals surface area (Å²) in [4.78, 5) is 15.3. The van der Waals surface area contributed by atoms with Crippen LogP contribution in [0, 0.1) is 0 Å². The minimum Gasteiger partial charge on any atom is -0.372 e. The third-order valence-electron chi connectivity index (χ3n) is 4.22. The summed E-state index contributed by atoms with van der Waals surface area (Å²) < 4.78 is 30.6. The molecule has 2 aromatic rings. The van der Waals surface area contributed by atoms with Gasteiger partial charge >= 0.3 is 0 Å². The Hall–Kier alpha value is -2.12. The molecule has 0 unspecified atom stereocenters. The van der Waals surface area contributed by atoms with Gasteiger partial charge in [0.1, 0.15) is 0 Å². The summed E-state index contributed by atoms with van der Waals surface area (Å²) in [7, 11) is 0. The third kappa shape index (κ3) is 5.20. The first-order chi connectivity index (χ1) is 12.9. The van der Waals surface area contributed by atoms with E-state index in [1.165, 1.54) is 0 Å². The van der Waals surface area contributed by atoms with Crippen LogP contribution >= 0.6 is 11.8 Å². The molecule has 1 aliphatic rings. The van der Waals surface area contributed by atoms with Gasteiger partial charge in [-0.15, -0.1) is 0 Å². The molecule has 0 aromatic heterocycles. The molecule has 1 amide bonds. The lowest BCUT2D eigenvalue weighted by atomic mass is 10.1. The molecular weight excluding hydrogens is 370 g/mol. The number of hydrogen-bond acceptors (Lipinski definition) is 4. The number of rotatable bonds is 5. The SMILES string of the molecule is C[C@H]1CN(C(=O)c2ccccc2Nc2ccc(SC(F)F)cc2)C[C@H](C)O1. The zero-order valence-corrected chi connectivity index (χ0v) is 16.0. The van der Waals surface area contributed by atoms with Crippen molar-refractivity contribution in [2.45, 2.75) is 36.7 Å². The largest absolute Gasteiger partial charge is 0.372 e. The lowest BCUT2D eigenvalue weighted by Gasteiger charge is -2.35. The Bertz CT molecular complexity index is 776. The predicted octanol–water partition coefficient (Wildman–Crippen LogP) is 4.99. The quantitative estimate of drug-likeness (QED) is 0.728. The number of nitrogens with zero attached hydrogens (tertiary/aromatic N) is 1. The number of para-hydroxylation sites is 1. The van der Waals surface area contributed by atoms with Gasteiger partial charge in [0.2, 0.25) is 0 Å². The summed E-state index contributed by atoms with van der Waals surface area (Å²) in [5.41, 5.74) is 1.99. The maximum Gasteiger partial charge on any atom is 0.288 e. The lowest BCUT2D eigenvalue weighted by Crippen LogP contribution is -2.48. The predicted molar refractivity (Wildman–Crippen MR) is 104 cm³/mol. The fraction of sp³-hybridized carbons (Fsp3) is 0.350. The number of benzene rings is 2. The standard InChI is InChI=1S/C20H22F2N2O2S/c1-13-11-24(12-14(2)26-13)19(25)17-5-3-4-6-18(17)23-15-7-9-16(10-8-15)27-20(21)22/h3-10,13-14,20,23H,11-12H2,1-2H3/t13-,14-/m0/s1. The van der Waals surface area contributed by atoms with Gasteiger partial charge in [0, 0.05) is 23.7 Å². The van der Waals surface area contributed by atoms with Crippen molar-refractivity contribution in [1.82, 2.24) is 4.90 Å². The van der Waals surface area contributed by atoms with Gasteiger partial charge in [-0.25, -0.2) is 0 Å². The zero-order chi connectivity index (χ0) is 19.4.